The van der Waals surface area contributed by atoms with E-state index in [4.69, 9.17) is 4.74 Å². The summed E-state index contributed by atoms with van der Waals surface area (Å²) in [6.07, 6.45) is 0. The first-order valence-electron chi connectivity index (χ1n) is 6.26. The van der Waals surface area contributed by atoms with E-state index < -0.39 is 5.82 Å². The van der Waals surface area contributed by atoms with Crippen molar-refractivity contribution in [2.45, 2.75) is 20.8 Å². The summed E-state index contributed by atoms with van der Waals surface area (Å²) in [6, 6.07) is 2.82. The maximum absolute atomic E-state index is 14.2. The number of fused-ring (bicyclic) bond motifs is 1. The van der Waals surface area contributed by atoms with E-state index in [0.29, 0.717) is 17.1 Å². The van der Waals surface area contributed by atoms with Crippen LogP contribution in [0.3, 0.4) is 0 Å². The van der Waals surface area contributed by atoms with Crippen molar-refractivity contribution in [1.29, 1.82) is 0 Å². The van der Waals surface area contributed by atoms with Crippen molar-refractivity contribution in [2.75, 3.05) is 11.9 Å². The first-order chi connectivity index (χ1) is 9.47. The van der Waals surface area contributed by atoms with Crippen LogP contribution in [0.15, 0.2) is 12.1 Å². The van der Waals surface area contributed by atoms with Crippen LogP contribution in [0.25, 0.3) is 5.69 Å². The Bertz CT molecular complexity index is 722. The quantitative estimate of drug-likeness (QED) is 0.868. The third-order valence-corrected chi connectivity index (χ3v) is 3.56. The molecular weight excluding hydrogens is 261 g/mol. The number of aryl methyl sites for hydroxylation is 1. The smallest absolute Gasteiger partial charge is 0.262 e. The standard InChI is InChI=1S/C14H14FN3O2/c1-7-8(2)17-18(9(7)3)12-5-11-13(4-10(12)15)20-6-14(19)16-11/h4-5H,6H2,1-3H3,(H,16,19). The molecule has 0 fully saturated rings. The Kier molecular flexibility index (Phi) is 2.74. The predicted octanol–water partition coefficient (Wildman–Crippen LogP) is 2.27. The van der Waals surface area contributed by atoms with Crippen molar-refractivity contribution in [2.24, 2.45) is 0 Å². The minimum Gasteiger partial charge on any atom is -0.481 e. The van der Waals surface area contributed by atoms with Gasteiger partial charge >= 0.3 is 0 Å². The molecule has 0 aliphatic carbocycles. The van der Waals surface area contributed by atoms with Gasteiger partial charge in [-0.3, -0.25) is 4.79 Å². The van der Waals surface area contributed by atoms with E-state index >= 15 is 0 Å². The second-order valence-corrected chi connectivity index (χ2v) is 4.84. The maximum atomic E-state index is 14.2. The molecule has 1 aromatic carbocycles. The lowest BCUT2D eigenvalue weighted by molar-refractivity contribution is -0.118. The lowest BCUT2D eigenvalue weighted by Gasteiger charge is -2.19. The number of ether oxygens (including phenoxy) is 1. The van der Waals surface area contributed by atoms with Crippen LogP contribution in [0.1, 0.15) is 17.0 Å². The van der Waals surface area contributed by atoms with Gasteiger partial charge in [-0.05, 0) is 32.4 Å². The van der Waals surface area contributed by atoms with Gasteiger partial charge in [0.25, 0.3) is 5.91 Å². The van der Waals surface area contributed by atoms with Crippen LogP contribution in [0.5, 0.6) is 5.75 Å². The number of anilines is 1. The third-order valence-electron chi connectivity index (χ3n) is 3.56. The Balaban J connectivity index is 2.17. The molecule has 1 aliphatic heterocycles. The Morgan fingerprint density at radius 2 is 2.10 bits per heavy atom. The maximum Gasteiger partial charge on any atom is 0.262 e. The topological polar surface area (TPSA) is 56.2 Å². The van der Waals surface area contributed by atoms with Gasteiger partial charge in [-0.2, -0.15) is 5.10 Å². The number of amides is 1. The Morgan fingerprint density at radius 1 is 1.35 bits per heavy atom. The summed E-state index contributed by atoms with van der Waals surface area (Å²) in [5, 5.41) is 7.00. The van der Waals surface area contributed by atoms with Gasteiger partial charge in [-0.15, -0.1) is 0 Å². The molecule has 0 unspecified atom stereocenters. The van der Waals surface area contributed by atoms with E-state index in [2.05, 4.69) is 10.4 Å². The number of aromatic nitrogens is 2. The van der Waals surface area contributed by atoms with Gasteiger partial charge in [0.1, 0.15) is 11.4 Å². The molecule has 2 aromatic rings. The van der Waals surface area contributed by atoms with E-state index in [1.807, 2.05) is 20.8 Å². The van der Waals surface area contributed by atoms with Gasteiger partial charge in [-0.1, -0.05) is 0 Å². The molecule has 104 valence electrons. The highest BCUT2D eigenvalue weighted by atomic mass is 19.1. The highest BCUT2D eigenvalue weighted by Crippen LogP contribution is 2.32. The molecule has 0 atom stereocenters. The molecule has 20 heavy (non-hydrogen) atoms. The van der Waals surface area contributed by atoms with Crippen LogP contribution in [0, 0.1) is 26.6 Å². The number of nitrogens with zero attached hydrogens (tertiary/aromatic N) is 2. The minimum atomic E-state index is -0.439. The van der Waals surface area contributed by atoms with E-state index in [9.17, 15) is 9.18 Å². The molecular formula is C14H14FN3O2. The predicted molar refractivity (Wildman–Crippen MR) is 71.9 cm³/mol. The third kappa shape index (κ3) is 1.84. The van der Waals surface area contributed by atoms with E-state index in [-0.39, 0.29) is 12.5 Å². The molecule has 6 heteroatoms. The molecule has 1 aliphatic rings. The highest BCUT2D eigenvalue weighted by molar-refractivity contribution is 5.95. The second-order valence-electron chi connectivity index (χ2n) is 4.84. The number of halogens is 1. The zero-order valence-electron chi connectivity index (χ0n) is 11.5. The summed E-state index contributed by atoms with van der Waals surface area (Å²) in [4.78, 5) is 11.3. The fraction of sp³-hybridized carbons (Fsp3) is 0.286. The Labute approximate surface area is 115 Å². The molecule has 1 amide bonds. The van der Waals surface area contributed by atoms with Gasteiger partial charge in [0, 0.05) is 11.8 Å². The second kappa shape index (κ2) is 4.33. The number of benzene rings is 1. The first kappa shape index (κ1) is 12.7. The number of nitrogens with one attached hydrogen (secondary N) is 1. The van der Waals surface area contributed by atoms with Crippen LogP contribution < -0.4 is 10.1 Å². The van der Waals surface area contributed by atoms with Crippen LogP contribution in [-0.4, -0.2) is 22.3 Å². The SMILES string of the molecule is Cc1nn(-c2cc3c(cc2F)OCC(=O)N3)c(C)c1C. The first-order valence-corrected chi connectivity index (χ1v) is 6.26. The molecule has 3 rings (SSSR count). The fourth-order valence-electron chi connectivity index (χ4n) is 2.21. The zero-order chi connectivity index (χ0) is 14.4. The molecule has 0 spiro atoms. The monoisotopic (exact) mass is 275 g/mol. The summed E-state index contributed by atoms with van der Waals surface area (Å²) < 4.78 is 21.0. The normalized spacial score (nSPS) is 13.7. The fourth-order valence-corrected chi connectivity index (χ4v) is 2.21. The molecule has 0 radical (unpaired) electrons. The summed E-state index contributed by atoms with van der Waals surface area (Å²) in [5.41, 5.74) is 3.48. The number of carbonyl (C=O) groups excluding carboxylic acids is 1. The summed E-state index contributed by atoms with van der Waals surface area (Å²) >= 11 is 0. The summed E-state index contributed by atoms with van der Waals surface area (Å²) in [6.45, 7) is 5.60. The van der Waals surface area contributed by atoms with Gasteiger partial charge < -0.3 is 10.1 Å². The zero-order valence-corrected chi connectivity index (χ0v) is 11.5. The number of hydrogen-bond donors (Lipinski definition) is 1. The molecule has 1 aromatic heterocycles. The molecule has 0 saturated heterocycles. The van der Waals surface area contributed by atoms with Crippen molar-refractivity contribution < 1.29 is 13.9 Å². The highest BCUT2D eigenvalue weighted by Gasteiger charge is 2.21. The molecule has 0 saturated carbocycles. The van der Waals surface area contributed by atoms with Crippen molar-refractivity contribution in [1.82, 2.24) is 9.78 Å². The molecule has 1 N–H and O–H groups in total. The Hall–Kier alpha value is -2.37. The van der Waals surface area contributed by atoms with Crippen LogP contribution in [-0.2, 0) is 4.79 Å². The largest absolute Gasteiger partial charge is 0.481 e. The Morgan fingerprint density at radius 3 is 2.75 bits per heavy atom. The van der Waals surface area contributed by atoms with Crippen molar-refractivity contribution >= 4 is 11.6 Å². The van der Waals surface area contributed by atoms with Gasteiger partial charge in [0.05, 0.1) is 11.4 Å². The van der Waals surface area contributed by atoms with Gasteiger partial charge in [0.15, 0.2) is 12.4 Å². The van der Waals surface area contributed by atoms with Gasteiger partial charge in [0.2, 0.25) is 0 Å². The molecule has 5 nitrogen and oxygen atoms in total. The molecule has 2 heterocycles. The average Bonchev–Trinajstić information content (AvgIpc) is 2.66. The number of hydrogen-bond acceptors (Lipinski definition) is 3. The van der Waals surface area contributed by atoms with Crippen molar-refractivity contribution in [3.05, 3.63) is 34.9 Å². The summed E-state index contributed by atoms with van der Waals surface area (Å²) in [5.74, 6) is -0.353. The molecule has 0 bridgehead atoms. The van der Waals surface area contributed by atoms with E-state index in [1.54, 1.807) is 10.7 Å². The van der Waals surface area contributed by atoms with Crippen molar-refractivity contribution in [3.63, 3.8) is 0 Å². The average molecular weight is 275 g/mol. The summed E-state index contributed by atoms with van der Waals surface area (Å²) in [7, 11) is 0. The number of carbonyl (C=O) groups is 1. The lowest BCUT2D eigenvalue weighted by atomic mass is 10.2. The van der Waals surface area contributed by atoms with E-state index in [0.717, 1.165) is 17.0 Å². The van der Waals surface area contributed by atoms with E-state index in [1.165, 1.54) is 6.07 Å². The van der Waals surface area contributed by atoms with Crippen LogP contribution >= 0.6 is 0 Å². The van der Waals surface area contributed by atoms with Crippen LogP contribution in [0.4, 0.5) is 10.1 Å². The number of rotatable bonds is 1. The van der Waals surface area contributed by atoms with Crippen molar-refractivity contribution in [3.8, 4) is 11.4 Å². The lowest BCUT2D eigenvalue weighted by Crippen LogP contribution is -2.25. The van der Waals surface area contributed by atoms with Crippen LogP contribution in [0.2, 0.25) is 0 Å². The van der Waals surface area contributed by atoms with Gasteiger partial charge in [-0.25, -0.2) is 9.07 Å². The minimum absolute atomic E-state index is 0.0925.